The molecular formula is C8H10ClN3O3. The fraction of sp³-hybridized carbons (Fsp3) is 0.375. The van der Waals surface area contributed by atoms with Gasteiger partial charge in [0.05, 0.1) is 6.61 Å². The summed E-state index contributed by atoms with van der Waals surface area (Å²) in [7, 11) is 0. The number of halogens is 1. The van der Waals surface area contributed by atoms with Crippen LogP contribution in [-0.2, 0) is 9.53 Å². The molecule has 15 heavy (non-hydrogen) atoms. The third-order valence-electron chi connectivity index (χ3n) is 1.34. The molecule has 1 heterocycles. The van der Waals surface area contributed by atoms with Crippen molar-refractivity contribution < 1.29 is 14.1 Å². The predicted octanol–water partition coefficient (Wildman–Crippen LogP) is 1.51. The summed E-state index contributed by atoms with van der Waals surface area (Å²) >= 11 is 5.52. The van der Waals surface area contributed by atoms with Crippen molar-refractivity contribution in [3.8, 4) is 0 Å². The second kappa shape index (κ2) is 5.35. The van der Waals surface area contributed by atoms with Gasteiger partial charge in [-0.1, -0.05) is 16.8 Å². The number of carbonyl (C=O) groups is 1. The first-order chi connectivity index (χ1) is 7.13. The van der Waals surface area contributed by atoms with E-state index >= 15 is 0 Å². The number of hydrogen-bond donors (Lipinski definition) is 1. The fourth-order valence-corrected chi connectivity index (χ4v) is 0.859. The minimum atomic E-state index is -0.688. The number of carbonyl (C=O) groups excluding carboxylic acids is 1. The number of esters is 1. The SMILES string of the molecule is CCOC(=O)/C(Cl)=N\Nc1cc(C)on1. The number of aromatic nitrogens is 1. The lowest BCUT2D eigenvalue weighted by Gasteiger charge is -1.98. The fourth-order valence-electron chi connectivity index (χ4n) is 0.762. The van der Waals surface area contributed by atoms with Gasteiger partial charge in [-0.25, -0.2) is 4.79 Å². The van der Waals surface area contributed by atoms with E-state index in [4.69, 9.17) is 16.1 Å². The average Bonchev–Trinajstić information content (AvgIpc) is 2.61. The molecule has 0 aliphatic heterocycles. The maximum Gasteiger partial charge on any atom is 0.370 e. The Bertz CT molecular complexity index is 375. The van der Waals surface area contributed by atoms with Gasteiger partial charge in [0.25, 0.3) is 0 Å². The van der Waals surface area contributed by atoms with Crippen LogP contribution in [0, 0.1) is 6.92 Å². The third kappa shape index (κ3) is 3.59. The number of nitrogens with one attached hydrogen (secondary N) is 1. The molecule has 1 N–H and O–H groups in total. The lowest BCUT2D eigenvalue weighted by molar-refractivity contribution is -0.134. The van der Waals surface area contributed by atoms with Crippen molar-refractivity contribution in [1.82, 2.24) is 5.16 Å². The summed E-state index contributed by atoms with van der Waals surface area (Å²) in [4.78, 5) is 11.0. The first-order valence-corrected chi connectivity index (χ1v) is 4.61. The summed E-state index contributed by atoms with van der Waals surface area (Å²) in [6, 6.07) is 1.61. The Morgan fingerprint density at radius 2 is 2.53 bits per heavy atom. The van der Waals surface area contributed by atoms with Gasteiger partial charge in [-0.05, 0) is 13.8 Å². The van der Waals surface area contributed by atoms with Gasteiger partial charge in [0, 0.05) is 6.07 Å². The minimum absolute atomic E-state index is 0.244. The number of aryl methyl sites for hydroxylation is 1. The summed E-state index contributed by atoms with van der Waals surface area (Å²) in [5.41, 5.74) is 2.45. The Balaban J connectivity index is 2.53. The molecule has 82 valence electrons. The van der Waals surface area contributed by atoms with Crippen molar-refractivity contribution in [2.45, 2.75) is 13.8 Å². The molecule has 1 rings (SSSR count). The van der Waals surface area contributed by atoms with Crippen LogP contribution in [0.15, 0.2) is 15.7 Å². The number of rotatable bonds is 4. The lowest BCUT2D eigenvalue weighted by Crippen LogP contribution is -2.13. The van der Waals surface area contributed by atoms with Crippen LogP contribution in [-0.4, -0.2) is 22.9 Å². The van der Waals surface area contributed by atoms with E-state index in [0.717, 1.165) is 0 Å². The molecule has 0 bridgehead atoms. The molecular weight excluding hydrogens is 222 g/mol. The minimum Gasteiger partial charge on any atom is -0.461 e. The monoisotopic (exact) mass is 231 g/mol. The highest BCUT2D eigenvalue weighted by Crippen LogP contribution is 2.07. The molecule has 1 aromatic heterocycles. The molecule has 0 radical (unpaired) electrons. The molecule has 1 aromatic rings. The molecule has 0 aliphatic carbocycles. The van der Waals surface area contributed by atoms with Crippen molar-refractivity contribution in [1.29, 1.82) is 0 Å². The van der Waals surface area contributed by atoms with E-state index in [9.17, 15) is 4.79 Å². The zero-order valence-corrected chi connectivity index (χ0v) is 9.04. The van der Waals surface area contributed by atoms with E-state index in [-0.39, 0.29) is 11.8 Å². The maximum absolute atomic E-state index is 11.0. The summed E-state index contributed by atoms with van der Waals surface area (Å²) in [6.45, 7) is 3.65. The molecule has 0 amide bonds. The summed E-state index contributed by atoms with van der Waals surface area (Å²) in [5, 5.41) is 6.86. The standard InChI is InChI=1S/C8H10ClN3O3/c1-3-14-8(13)7(9)11-10-6-4-5(2)15-12-6/h4H,3H2,1-2H3,(H,10,12)/b11-7+. The van der Waals surface area contributed by atoms with Crippen molar-refractivity contribution in [2.75, 3.05) is 12.0 Å². The molecule has 0 aliphatic rings. The quantitative estimate of drug-likeness (QED) is 0.483. The van der Waals surface area contributed by atoms with Crippen LogP contribution in [0.3, 0.4) is 0 Å². The van der Waals surface area contributed by atoms with Crippen LogP contribution < -0.4 is 5.43 Å². The molecule has 0 atom stereocenters. The van der Waals surface area contributed by atoms with Gasteiger partial charge in [-0.2, -0.15) is 5.10 Å². The van der Waals surface area contributed by atoms with Gasteiger partial charge in [-0.15, -0.1) is 0 Å². The van der Waals surface area contributed by atoms with Crippen LogP contribution in [0.2, 0.25) is 0 Å². The molecule has 0 unspecified atom stereocenters. The first-order valence-electron chi connectivity index (χ1n) is 4.23. The third-order valence-corrected chi connectivity index (χ3v) is 1.58. The van der Waals surface area contributed by atoms with Gasteiger partial charge >= 0.3 is 5.97 Å². The van der Waals surface area contributed by atoms with Crippen LogP contribution in [0.1, 0.15) is 12.7 Å². The lowest BCUT2D eigenvalue weighted by atomic mass is 10.5. The Labute approximate surface area is 91.2 Å². The number of nitrogens with zero attached hydrogens (tertiary/aromatic N) is 2. The Hall–Kier alpha value is -1.56. The predicted molar refractivity (Wildman–Crippen MR) is 54.8 cm³/mol. The largest absolute Gasteiger partial charge is 0.461 e. The Morgan fingerprint density at radius 3 is 3.07 bits per heavy atom. The number of hydrazone groups is 1. The Kier molecular flexibility index (Phi) is 4.11. The molecule has 0 fully saturated rings. The smallest absolute Gasteiger partial charge is 0.370 e. The highest BCUT2D eigenvalue weighted by Gasteiger charge is 2.09. The van der Waals surface area contributed by atoms with Crippen LogP contribution in [0.4, 0.5) is 5.82 Å². The highest BCUT2D eigenvalue weighted by atomic mass is 35.5. The van der Waals surface area contributed by atoms with E-state index in [0.29, 0.717) is 11.6 Å². The molecule has 0 spiro atoms. The van der Waals surface area contributed by atoms with Gasteiger partial charge in [0.2, 0.25) is 5.17 Å². The normalized spacial score (nSPS) is 11.3. The van der Waals surface area contributed by atoms with Crippen LogP contribution >= 0.6 is 11.6 Å². The first kappa shape index (κ1) is 11.5. The second-order valence-corrected chi connectivity index (χ2v) is 2.92. The van der Waals surface area contributed by atoms with E-state index in [1.807, 2.05) is 0 Å². The van der Waals surface area contributed by atoms with Crippen molar-refractivity contribution >= 4 is 28.6 Å². The van der Waals surface area contributed by atoms with E-state index in [2.05, 4.69) is 20.4 Å². The zero-order chi connectivity index (χ0) is 11.3. The molecule has 0 saturated carbocycles. The highest BCUT2D eigenvalue weighted by molar-refractivity contribution is 6.82. The number of ether oxygens (including phenoxy) is 1. The maximum atomic E-state index is 11.0. The van der Waals surface area contributed by atoms with Crippen molar-refractivity contribution in [3.05, 3.63) is 11.8 Å². The Morgan fingerprint density at radius 1 is 1.80 bits per heavy atom. The van der Waals surface area contributed by atoms with Crippen LogP contribution in [0.25, 0.3) is 0 Å². The molecule has 6 nitrogen and oxygen atoms in total. The summed E-state index contributed by atoms with van der Waals surface area (Å²) in [5.74, 6) is 0.307. The van der Waals surface area contributed by atoms with E-state index in [1.165, 1.54) is 0 Å². The van der Waals surface area contributed by atoms with Crippen molar-refractivity contribution in [2.24, 2.45) is 5.10 Å². The summed E-state index contributed by atoms with van der Waals surface area (Å²) in [6.07, 6.45) is 0. The van der Waals surface area contributed by atoms with E-state index < -0.39 is 5.97 Å². The molecule has 0 saturated heterocycles. The van der Waals surface area contributed by atoms with Gasteiger partial charge in [0.1, 0.15) is 5.76 Å². The average molecular weight is 232 g/mol. The number of hydrogen-bond acceptors (Lipinski definition) is 6. The number of anilines is 1. The van der Waals surface area contributed by atoms with Gasteiger partial charge in [0.15, 0.2) is 5.82 Å². The molecule has 0 aromatic carbocycles. The van der Waals surface area contributed by atoms with Crippen LogP contribution in [0.5, 0.6) is 0 Å². The molecule has 7 heteroatoms. The van der Waals surface area contributed by atoms with Crippen molar-refractivity contribution in [3.63, 3.8) is 0 Å². The van der Waals surface area contributed by atoms with E-state index in [1.54, 1.807) is 19.9 Å². The topological polar surface area (TPSA) is 76.7 Å². The summed E-state index contributed by atoms with van der Waals surface area (Å²) < 4.78 is 9.38. The van der Waals surface area contributed by atoms with Gasteiger partial charge < -0.3 is 9.26 Å². The second-order valence-electron chi connectivity index (χ2n) is 2.56. The van der Waals surface area contributed by atoms with Gasteiger partial charge in [-0.3, -0.25) is 5.43 Å². The zero-order valence-electron chi connectivity index (χ0n) is 8.28.